The summed E-state index contributed by atoms with van der Waals surface area (Å²) >= 11 is 0. The van der Waals surface area contributed by atoms with Crippen LogP contribution in [0, 0.1) is 5.92 Å². The maximum Gasteiger partial charge on any atom is 0.433 e. The largest absolute Gasteiger partial charge is 0.433 e. The highest BCUT2D eigenvalue weighted by Gasteiger charge is 2.55. The van der Waals surface area contributed by atoms with Crippen LogP contribution in [0.4, 0.5) is 14.5 Å². The predicted octanol–water partition coefficient (Wildman–Crippen LogP) is 6.31. The van der Waals surface area contributed by atoms with Gasteiger partial charge in [-0.15, -0.1) is 4.67 Å². The number of ketones is 1. The number of hydrogen-bond donors (Lipinski definition) is 1. The molecule has 1 aliphatic rings. The lowest BCUT2D eigenvalue weighted by molar-refractivity contribution is -0.159. The van der Waals surface area contributed by atoms with Gasteiger partial charge in [-0.05, 0) is 55.8 Å². The molecule has 0 spiro atoms. The first kappa shape index (κ1) is 32.7. The second-order valence-electron chi connectivity index (χ2n) is 9.73. The molecule has 0 bridgehead atoms. The second kappa shape index (κ2) is 14.4. The van der Waals surface area contributed by atoms with Gasteiger partial charge in [0.1, 0.15) is 6.54 Å². The Kier molecular flexibility index (Phi) is 11.5. The summed E-state index contributed by atoms with van der Waals surface area (Å²) in [7, 11) is -4.10. The molecule has 3 unspecified atom stereocenters. The fourth-order valence-corrected chi connectivity index (χ4v) is 6.68. The Morgan fingerprint density at radius 3 is 2.44 bits per heavy atom. The molecule has 1 saturated heterocycles. The van der Waals surface area contributed by atoms with E-state index < -0.39 is 33.5 Å². The zero-order valence-electron chi connectivity index (χ0n) is 23.1. The van der Waals surface area contributed by atoms with Gasteiger partial charge in [0.15, 0.2) is 5.78 Å². The highest BCUT2D eigenvalue weighted by molar-refractivity contribution is 7.60. The van der Waals surface area contributed by atoms with Crippen LogP contribution < -0.4 is 4.90 Å². The van der Waals surface area contributed by atoms with E-state index >= 15 is 0 Å². The number of amides is 2. The number of halogens is 2. The molecule has 1 heterocycles. The van der Waals surface area contributed by atoms with Crippen molar-refractivity contribution in [2.75, 3.05) is 31.7 Å². The van der Waals surface area contributed by atoms with Crippen LogP contribution in [0.5, 0.6) is 0 Å². The topological polar surface area (TPSA) is 113 Å². The number of carbonyl (C=O) groups excluding carboxylic acids is 3. The Morgan fingerprint density at radius 1 is 1.17 bits per heavy atom. The average Bonchev–Trinajstić information content (AvgIpc) is 3.13. The van der Waals surface area contributed by atoms with Crippen LogP contribution in [-0.4, -0.2) is 54.6 Å². The molecule has 9 nitrogen and oxygen atoms in total. The van der Waals surface area contributed by atoms with Crippen LogP contribution >= 0.6 is 16.4 Å². The number of anilines is 1. The van der Waals surface area contributed by atoms with Gasteiger partial charge in [-0.2, -0.15) is 8.78 Å². The lowest BCUT2D eigenvalue weighted by Gasteiger charge is -2.26. The average molecular weight is 611 g/mol. The van der Waals surface area contributed by atoms with Gasteiger partial charge < -0.3 is 9.80 Å². The first-order valence-electron chi connectivity index (χ1n) is 13.0. The number of hydrogen-bond acceptors (Lipinski definition) is 7. The summed E-state index contributed by atoms with van der Waals surface area (Å²) < 4.78 is 49.8. The van der Waals surface area contributed by atoms with E-state index in [4.69, 9.17) is 5.26 Å². The molecule has 41 heavy (non-hydrogen) atoms. The van der Waals surface area contributed by atoms with Gasteiger partial charge in [0.25, 0.3) is 0 Å². The number of rotatable bonds is 12. The molecule has 0 radical (unpaired) electrons. The van der Waals surface area contributed by atoms with Crippen LogP contribution in [0.1, 0.15) is 43.7 Å². The molecule has 0 saturated carbocycles. The zero-order valence-corrected chi connectivity index (χ0v) is 25.0. The number of nitrogens with zero attached hydrogens (tertiary/aromatic N) is 2. The van der Waals surface area contributed by atoms with Crippen molar-refractivity contribution in [2.24, 2.45) is 5.92 Å². The second-order valence-corrected chi connectivity index (χ2v) is 12.6. The van der Waals surface area contributed by atoms with Gasteiger partial charge in [0.2, 0.25) is 11.8 Å². The van der Waals surface area contributed by atoms with E-state index in [1.54, 1.807) is 26.1 Å². The lowest BCUT2D eigenvalue weighted by atomic mass is 9.94. The van der Waals surface area contributed by atoms with E-state index in [-0.39, 0.29) is 30.6 Å². The Morgan fingerprint density at radius 2 is 1.83 bits per heavy atom. The summed E-state index contributed by atoms with van der Waals surface area (Å²) in [5, 5.41) is 8.80. The van der Waals surface area contributed by atoms with Gasteiger partial charge in [-0.3, -0.25) is 23.3 Å². The van der Waals surface area contributed by atoms with Crippen molar-refractivity contribution in [1.29, 1.82) is 0 Å². The summed E-state index contributed by atoms with van der Waals surface area (Å²) in [5.74, 6) is -1.35. The fraction of sp³-hybridized carbons (Fsp3) is 0.393. The van der Waals surface area contributed by atoms with Gasteiger partial charge in [0, 0.05) is 46.0 Å². The quantitative estimate of drug-likeness (QED) is 0.130. The van der Waals surface area contributed by atoms with Crippen molar-refractivity contribution in [2.45, 2.75) is 38.3 Å². The number of allylic oxidation sites excluding steroid dienone is 2. The van der Waals surface area contributed by atoms with Crippen LogP contribution in [0.15, 0.2) is 60.7 Å². The third-order valence-corrected chi connectivity index (χ3v) is 9.76. The molecule has 222 valence electrons. The van der Waals surface area contributed by atoms with Gasteiger partial charge in [-0.25, -0.2) is 5.26 Å². The number of carbonyl (C=O) groups is 3. The van der Waals surface area contributed by atoms with E-state index in [1.165, 1.54) is 34.7 Å². The van der Waals surface area contributed by atoms with E-state index in [1.807, 2.05) is 18.2 Å². The minimum absolute atomic E-state index is 0.0440. The maximum absolute atomic E-state index is 14.7. The normalized spacial score (nSPS) is 18.3. The van der Waals surface area contributed by atoms with E-state index in [2.05, 4.69) is 8.99 Å². The molecule has 3 rings (SSSR count). The summed E-state index contributed by atoms with van der Waals surface area (Å²) in [5.41, 5.74) is -3.13. The van der Waals surface area contributed by atoms with E-state index in [0.717, 1.165) is 25.0 Å². The minimum Gasteiger partial charge on any atom is -0.333 e. The van der Waals surface area contributed by atoms with Crippen molar-refractivity contribution in [3.63, 3.8) is 0 Å². The third kappa shape index (κ3) is 7.93. The molecule has 1 aliphatic heterocycles. The molecule has 2 aromatic rings. The highest BCUT2D eigenvalue weighted by atomic mass is 31.2. The molecule has 0 aromatic heterocycles. The third-order valence-electron chi connectivity index (χ3n) is 6.91. The molecule has 3 atom stereocenters. The van der Waals surface area contributed by atoms with Crippen molar-refractivity contribution < 1.29 is 42.0 Å². The standard InChI is InChI=1S/C28H34F2N2O7P2/c1-20(21-12-14-23(15-13-21)28(29,30)41(37,38-36)39-40-3)17-25(33)18-22-9-7-8-16-32(27(22)35)19-26(34)31(2)24-10-5-4-6-11-24/h4-6,10-15,17,22,36,40H,7-9,16,18-19H2,1-3H3/b20-17+. The number of benzene rings is 2. The van der Waals surface area contributed by atoms with Crippen molar-refractivity contribution in [3.8, 4) is 0 Å². The van der Waals surface area contributed by atoms with Crippen molar-refractivity contribution in [1.82, 2.24) is 4.90 Å². The first-order chi connectivity index (χ1) is 19.4. The Bertz CT molecular complexity index is 1310. The van der Waals surface area contributed by atoms with E-state index in [9.17, 15) is 27.7 Å². The number of para-hydroxylation sites is 1. The zero-order chi connectivity index (χ0) is 30.2. The van der Waals surface area contributed by atoms with Gasteiger partial charge in [-0.1, -0.05) is 48.9 Å². The van der Waals surface area contributed by atoms with E-state index in [0.29, 0.717) is 29.8 Å². The van der Waals surface area contributed by atoms with Crippen LogP contribution in [-0.2, 0) is 33.6 Å². The monoisotopic (exact) mass is 610 g/mol. The van der Waals surface area contributed by atoms with Crippen molar-refractivity contribution >= 4 is 45.3 Å². The molecular weight excluding hydrogens is 576 g/mol. The molecule has 2 amide bonds. The summed E-state index contributed by atoms with van der Waals surface area (Å²) in [6, 6.07) is 13.8. The summed E-state index contributed by atoms with van der Waals surface area (Å²) in [4.78, 5) is 42.0. The molecule has 1 fully saturated rings. The SMILES string of the molecule is CPOP(=O)(OO)C(F)(F)c1ccc(/C(C)=C/C(=O)CC2CCCCN(CC(=O)N(C)c3ccccc3)C2=O)cc1. The predicted molar refractivity (Wildman–Crippen MR) is 154 cm³/mol. The Balaban J connectivity index is 1.67. The van der Waals surface area contributed by atoms with Crippen LogP contribution in [0.3, 0.4) is 0 Å². The molecule has 13 heteroatoms. The molecule has 1 N–H and O–H groups in total. The smallest absolute Gasteiger partial charge is 0.333 e. The summed E-state index contributed by atoms with van der Waals surface area (Å²) in [6.45, 7) is 3.34. The molecule has 0 aliphatic carbocycles. The highest BCUT2D eigenvalue weighted by Crippen LogP contribution is 2.68. The number of likely N-dealkylation sites (tertiary alicyclic amines) is 1. The van der Waals surface area contributed by atoms with Crippen molar-refractivity contribution in [3.05, 3.63) is 71.8 Å². The fourth-order valence-electron chi connectivity index (χ4n) is 4.56. The van der Waals surface area contributed by atoms with Gasteiger partial charge >= 0.3 is 13.3 Å². The Hall–Kier alpha value is -2.81. The first-order valence-corrected chi connectivity index (χ1v) is 16.0. The lowest BCUT2D eigenvalue weighted by Crippen LogP contribution is -2.43. The number of alkyl halides is 2. The van der Waals surface area contributed by atoms with Gasteiger partial charge in [0.05, 0.1) is 0 Å². The minimum atomic E-state index is -5.15. The maximum atomic E-state index is 14.7. The Labute approximate surface area is 239 Å². The van der Waals surface area contributed by atoms with Crippen LogP contribution in [0.25, 0.3) is 5.57 Å². The summed E-state index contributed by atoms with van der Waals surface area (Å²) in [6.07, 6.45) is 3.30. The molecular formula is C28H34F2N2O7P2. The molecule has 2 aromatic carbocycles. The number of likely N-dealkylation sites (N-methyl/N-ethyl adjacent to an activating group) is 1. The van der Waals surface area contributed by atoms with Crippen LogP contribution in [0.2, 0.25) is 0 Å².